The van der Waals surface area contributed by atoms with Gasteiger partial charge in [0.25, 0.3) is 17.4 Å². The van der Waals surface area contributed by atoms with E-state index in [0.717, 1.165) is 42.0 Å². The first-order chi connectivity index (χ1) is 20.4. The van der Waals surface area contributed by atoms with E-state index in [9.17, 15) is 18.8 Å². The van der Waals surface area contributed by atoms with Gasteiger partial charge in [-0.05, 0) is 91.6 Å². The van der Waals surface area contributed by atoms with Gasteiger partial charge in [-0.25, -0.2) is 4.39 Å². The minimum Gasteiger partial charge on any atom is -0.369 e. The van der Waals surface area contributed by atoms with E-state index in [-0.39, 0.29) is 35.2 Å². The molecule has 0 radical (unpaired) electrons. The molecule has 2 bridgehead atoms. The van der Waals surface area contributed by atoms with Gasteiger partial charge in [-0.2, -0.15) is 0 Å². The third-order valence-corrected chi connectivity index (χ3v) is 9.72. The number of anilines is 3. The fraction of sp³-hybridized carbons (Fsp3) is 0.303. The minimum atomic E-state index is -0.308. The Labute approximate surface area is 247 Å². The lowest BCUT2D eigenvalue weighted by molar-refractivity contribution is 0.0973. The molecule has 9 heteroatoms. The van der Waals surface area contributed by atoms with Crippen LogP contribution in [0.1, 0.15) is 57.0 Å². The average Bonchev–Trinajstić information content (AvgIpc) is 3.53. The van der Waals surface area contributed by atoms with E-state index in [1.54, 1.807) is 29.2 Å². The number of piperidine rings is 1. The number of nitrogens with zero attached hydrogens (tertiary/aromatic N) is 3. The zero-order valence-electron chi connectivity index (χ0n) is 23.3. The highest BCUT2D eigenvalue weighted by Crippen LogP contribution is 2.40. The number of nitrogens with one attached hydrogen (secondary N) is 1. The molecule has 2 aromatic carbocycles. The maximum Gasteiger partial charge on any atom is 0.265 e. The number of hydrogen-bond acceptors (Lipinski definition) is 5. The van der Waals surface area contributed by atoms with Crippen LogP contribution >= 0.6 is 11.3 Å². The van der Waals surface area contributed by atoms with Crippen LogP contribution in [0.4, 0.5) is 21.5 Å². The van der Waals surface area contributed by atoms with E-state index in [4.69, 9.17) is 0 Å². The minimum absolute atomic E-state index is 0.0404. The molecule has 7 rings (SSSR count). The van der Waals surface area contributed by atoms with Crippen LogP contribution in [0.15, 0.2) is 76.9 Å². The Morgan fingerprint density at radius 3 is 2.67 bits per heavy atom. The Hall–Kier alpha value is -4.24. The van der Waals surface area contributed by atoms with Crippen molar-refractivity contribution >= 4 is 40.2 Å². The van der Waals surface area contributed by atoms with E-state index in [1.807, 2.05) is 47.2 Å². The second-order valence-electron chi connectivity index (χ2n) is 11.6. The summed E-state index contributed by atoms with van der Waals surface area (Å²) in [6.45, 7) is 4.13. The van der Waals surface area contributed by atoms with Gasteiger partial charge < -0.3 is 19.7 Å². The number of pyridine rings is 1. The molecule has 0 unspecified atom stereocenters. The molecule has 0 saturated carbocycles. The van der Waals surface area contributed by atoms with Gasteiger partial charge in [0.15, 0.2) is 0 Å². The zero-order chi connectivity index (χ0) is 29.0. The summed E-state index contributed by atoms with van der Waals surface area (Å²) in [5, 5.41) is 4.95. The maximum atomic E-state index is 14.0. The number of amides is 2. The molecule has 42 heavy (non-hydrogen) atoms. The van der Waals surface area contributed by atoms with Crippen molar-refractivity contribution in [2.24, 2.45) is 5.92 Å². The zero-order valence-corrected chi connectivity index (χ0v) is 24.1. The lowest BCUT2D eigenvalue weighted by Gasteiger charge is -2.44. The van der Waals surface area contributed by atoms with Crippen molar-refractivity contribution in [2.75, 3.05) is 28.2 Å². The van der Waals surface area contributed by atoms with Crippen LogP contribution in [-0.4, -0.2) is 35.5 Å². The molecule has 1 N–H and O–H groups in total. The molecule has 7 nitrogen and oxygen atoms in total. The number of aryl methyl sites for hydroxylation is 1. The summed E-state index contributed by atoms with van der Waals surface area (Å²) in [5.41, 5.74) is 4.53. The van der Waals surface area contributed by atoms with Crippen molar-refractivity contribution in [3.63, 3.8) is 0 Å². The third-order valence-electron chi connectivity index (χ3n) is 8.85. The van der Waals surface area contributed by atoms with E-state index < -0.39 is 0 Å². The predicted molar refractivity (Wildman–Crippen MR) is 163 cm³/mol. The number of thiophene rings is 1. The van der Waals surface area contributed by atoms with Crippen molar-refractivity contribution in [2.45, 2.75) is 44.7 Å². The van der Waals surface area contributed by atoms with Crippen molar-refractivity contribution < 1.29 is 14.0 Å². The van der Waals surface area contributed by atoms with Crippen LogP contribution in [-0.2, 0) is 13.0 Å². The quantitative estimate of drug-likeness (QED) is 0.325. The summed E-state index contributed by atoms with van der Waals surface area (Å²) in [6.07, 6.45) is 2.47. The van der Waals surface area contributed by atoms with Gasteiger partial charge in [0.2, 0.25) is 0 Å². The predicted octanol–water partition coefficient (Wildman–Crippen LogP) is 5.91. The van der Waals surface area contributed by atoms with E-state index in [1.165, 1.54) is 23.5 Å². The van der Waals surface area contributed by atoms with Gasteiger partial charge >= 0.3 is 0 Å². The Kier molecular flexibility index (Phi) is 6.69. The normalized spacial score (nSPS) is 21.0. The molecule has 2 aromatic heterocycles. The monoisotopic (exact) mass is 582 g/mol. The molecular formula is C33H31FN4O3S. The fourth-order valence-electron chi connectivity index (χ4n) is 6.90. The van der Waals surface area contributed by atoms with Crippen LogP contribution in [0, 0.1) is 11.7 Å². The molecule has 3 atom stereocenters. The third kappa shape index (κ3) is 4.71. The Balaban J connectivity index is 1.25. The molecule has 4 aromatic rings. The van der Waals surface area contributed by atoms with Gasteiger partial charge in [-0.1, -0.05) is 12.1 Å². The second-order valence-corrected chi connectivity index (χ2v) is 12.6. The Morgan fingerprint density at radius 2 is 1.83 bits per heavy atom. The van der Waals surface area contributed by atoms with Gasteiger partial charge in [-0.3, -0.25) is 14.4 Å². The number of carbonyl (C=O) groups is 2. The molecule has 3 aliphatic heterocycles. The summed E-state index contributed by atoms with van der Waals surface area (Å²) < 4.78 is 15.9. The topological polar surface area (TPSA) is 74.7 Å². The highest BCUT2D eigenvalue weighted by molar-refractivity contribution is 7.12. The summed E-state index contributed by atoms with van der Waals surface area (Å²) in [5.74, 6) is -0.226. The van der Waals surface area contributed by atoms with Gasteiger partial charge in [-0.15, -0.1) is 11.3 Å². The first-order valence-corrected chi connectivity index (χ1v) is 15.3. The maximum absolute atomic E-state index is 14.0. The summed E-state index contributed by atoms with van der Waals surface area (Å²) in [7, 11) is 0. The fourth-order valence-corrected chi connectivity index (χ4v) is 7.52. The van der Waals surface area contributed by atoms with Crippen molar-refractivity contribution in [3.05, 3.63) is 110 Å². The number of halogens is 1. The van der Waals surface area contributed by atoms with Gasteiger partial charge in [0.1, 0.15) is 5.82 Å². The lowest BCUT2D eigenvalue weighted by Crippen LogP contribution is -2.47. The van der Waals surface area contributed by atoms with Crippen molar-refractivity contribution in [1.82, 2.24) is 4.57 Å². The summed E-state index contributed by atoms with van der Waals surface area (Å²) >= 11 is 1.36. The molecular weight excluding hydrogens is 551 g/mol. The smallest absolute Gasteiger partial charge is 0.265 e. The van der Waals surface area contributed by atoms with Crippen LogP contribution in [0.25, 0.3) is 0 Å². The Bertz CT molecular complexity index is 1750. The van der Waals surface area contributed by atoms with Crippen molar-refractivity contribution in [1.29, 1.82) is 0 Å². The van der Waals surface area contributed by atoms with E-state index in [0.29, 0.717) is 41.6 Å². The molecule has 0 spiro atoms. The number of aromatic nitrogens is 1. The first kappa shape index (κ1) is 26.6. The van der Waals surface area contributed by atoms with Gasteiger partial charge in [0.05, 0.1) is 16.3 Å². The molecule has 0 aliphatic carbocycles. The SMILES string of the molecule is C[C@H]1CCc2cc(F)ccc2N1C(=O)c1ccc(N2C[C@H]3C[C@@H](C2)c2cccc(=O)n2C3)c(NC(=O)c2cccs2)c1. The number of carbonyl (C=O) groups excluding carboxylic acids is 2. The van der Waals surface area contributed by atoms with Crippen LogP contribution in [0.5, 0.6) is 0 Å². The van der Waals surface area contributed by atoms with E-state index in [2.05, 4.69) is 10.2 Å². The molecule has 214 valence electrons. The summed E-state index contributed by atoms with van der Waals surface area (Å²) in [6, 6.07) is 19.2. The molecule has 2 amide bonds. The highest BCUT2D eigenvalue weighted by Gasteiger charge is 2.36. The van der Waals surface area contributed by atoms with Crippen LogP contribution in [0.2, 0.25) is 0 Å². The van der Waals surface area contributed by atoms with Crippen molar-refractivity contribution in [3.8, 4) is 0 Å². The standard InChI is InChI=1S/C33H31FN4O3S/c1-20-7-8-22-15-25(34)10-12-28(22)38(20)33(41)23-9-11-29(26(16-23)35-32(40)30-5-3-13-42-30)36-17-21-14-24(19-36)27-4-2-6-31(39)37(27)18-21/h2-6,9-13,15-16,20-21,24H,7-8,14,17-19H2,1H3,(H,35,40)/t20-,21+,24-/m0/s1. The van der Waals surface area contributed by atoms with E-state index >= 15 is 0 Å². The lowest BCUT2D eigenvalue weighted by atomic mass is 9.83. The first-order valence-electron chi connectivity index (χ1n) is 14.4. The number of hydrogen-bond donors (Lipinski definition) is 1. The largest absolute Gasteiger partial charge is 0.369 e. The molecule has 1 saturated heterocycles. The van der Waals surface area contributed by atoms with Crippen LogP contribution in [0.3, 0.4) is 0 Å². The molecule has 1 fully saturated rings. The average molecular weight is 583 g/mol. The molecule has 3 aliphatic rings. The second kappa shape index (κ2) is 10.5. The highest BCUT2D eigenvalue weighted by atomic mass is 32.1. The number of fused-ring (bicyclic) bond motifs is 5. The summed E-state index contributed by atoms with van der Waals surface area (Å²) in [4.78, 5) is 44.4. The van der Waals surface area contributed by atoms with Crippen LogP contribution < -0.4 is 20.7 Å². The number of benzene rings is 2. The Morgan fingerprint density at radius 1 is 0.976 bits per heavy atom. The van der Waals surface area contributed by atoms with Gasteiger partial charge in [0, 0.05) is 54.6 Å². The molecule has 5 heterocycles. The number of rotatable bonds is 4.